The molecule has 78 valence electrons. The van der Waals surface area contributed by atoms with Gasteiger partial charge in [-0.05, 0) is 52.1 Å². The molecule has 13 heavy (non-hydrogen) atoms. The maximum Gasteiger partial charge on any atom is 0.0591 e. The Morgan fingerprint density at radius 1 is 1.31 bits per heavy atom. The average Bonchev–Trinajstić information content (AvgIpc) is 2.04. The Morgan fingerprint density at radius 2 is 1.92 bits per heavy atom. The van der Waals surface area contributed by atoms with Crippen LogP contribution in [0.4, 0.5) is 0 Å². The smallest absolute Gasteiger partial charge is 0.0591 e. The molecule has 0 bridgehead atoms. The Kier molecular flexibility index (Phi) is 4.20. The molecule has 0 spiro atoms. The number of aliphatic hydroxyl groups is 1. The van der Waals surface area contributed by atoms with E-state index in [4.69, 9.17) is 0 Å². The number of hydrogen-bond donors (Lipinski definition) is 2. The van der Waals surface area contributed by atoms with E-state index in [1.54, 1.807) is 0 Å². The first-order chi connectivity index (χ1) is 6.08. The monoisotopic (exact) mass is 185 g/mol. The van der Waals surface area contributed by atoms with Crippen molar-refractivity contribution in [2.75, 3.05) is 13.1 Å². The number of nitrogens with one attached hydrogen (secondary N) is 1. The van der Waals surface area contributed by atoms with Gasteiger partial charge >= 0.3 is 0 Å². The second-order valence-electron chi connectivity index (χ2n) is 4.90. The maximum atomic E-state index is 9.53. The van der Waals surface area contributed by atoms with E-state index in [0.29, 0.717) is 0 Å². The second-order valence-corrected chi connectivity index (χ2v) is 4.90. The molecule has 2 nitrogen and oxygen atoms in total. The van der Waals surface area contributed by atoms with Gasteiger partial charge in [0.15, 0.2) is 0 Å². The van der Waals surface area contributed by atoms with Crippen LogP contribution < -0.4 is 5.32 Å². The van der Waals surface area contributed by atoms with Crippen LogP contribution in [0.2, 0.25) is 0 Å². The fourth-order valence-electron chi connectivity index (χ4n) is 1.99. The third-order valence-corrected chi connectivity index (χ3v) is 2.86. The summed E-state index contributed by atoms with van der Waals surface area (Å²) in [4.78, 5) is 0. The van der Waals surface area contributed by atoms with E-state index < -0.39 is 5.60 Å². The Morgan fingerprint density at radius 3 is 2.46 bits per heavy atom. The molecule has 1 heterocycles. The molecule has 1 saturated heterocycles. The van der Waals surface area contributed by atoms with Crippen molar-refractivity contribution < 1.29 is 5.11 Å². The van der Waals surface area contributed by atoms with Crippen LogP contribution in [0.25, 0.3) is 0 Å². The summed E-state index contributed by atoms with van der Waals surface area (Å²) < 4.78 is 0. The summed E-state index contributed by atoms with van der Waals surface area (Å²) in [5.41, 5.74) is -0.465. The van der Waals surface area contributed by atoms with Crippen molar-refractivity contribution in [1.82, 2.24) is 5.32 Å². The van der Waals surface area contributed by atoms with Gasteiger partial charge < -0.3 is 10.4 Å². The summed E-state index contributed by atoms with van der Waals surface area (Å²) in [5, 5.41) is 12.9. The van der Waals surface area contributed by atoms with Crippen molar-refractivity contribution in [3.05, 3.63) is 0 Å². The van der Waals surface area contributed by atoms with Crippen molar-refractivity contribution in [1.29, 1.82) is 0 Å². The molecule has 2 N–H and O–H groups in total. The summed E-state index contributed by atoms with van der Waals surface area (Å²) in [6.07, 6.45) is 6.06. The summed E-state index contributed by atoms with van der Waals surface area (Å²) in [5.74, 6) is 0.906. The van der Waals surface area contributed by atoms with E-state index in [1.807, 2.05) is 13.8 Å². The molecule has 0 atom stereocenters. The molecular weight excluding hydrogens is 162 g/mol. The first-order valence-electron chi connectivity index (χ1n) is 5.51. The predicted molar refractivity (Wildman–Crippen MR) is 55.7 cm³/mol. The van der Waals surface area contributed by atoms with E-state index in [-0.39, 0.29) is 0 Å². The molecular formula is C11H23NO. The first-order valence-corrected chi connectivity index (χ1v) is 5.51. The zero-order chi connectivity index (χ0) is 9.73. The summed E-state index contributed by atoms with van der Waals surface area (Å²) in [7, 11) is 0. The van der Waals surface area contributed by atoms with Crippen molar-refractivity contribution in [3.63, 3.8) is 0 Å². The Bertz CT molecular complexity index is 134. The predicted octanol–water partition coefficient (Wildman–Crippen LogP) is 1.93. The van der Waals surface area contributed by atoms with Gasteiger partial charge in [0.05, 0.1) is 5.60 Å². The van der Waals surface area contributed by atoms with E-state index in [1.165, 1.54) is 38.8 Å². The van der Waals surface area contributed by atoms with E-state index in [0.717, 1.165) is 12.3 Å². The van der Waals surface area contributed by atoms with Gasteiger partial charge in [-0.15, -0.1) is 0 Å². The minimum absolute atomic E-state index is 0.465. The summed E-state index contributed by atoms with van der Waals surface area (Å²) >= 11 is 0. The van der Waals surface area contributed by atoms with Gasteiger partial charge in [0.25, 0.3) is 0 Å². The van der Waals surface area contributed by atoms with Crippen molar-refractivity contribution >= 4 is 0 Å². The van der Waals surface area contributed by atoms with Crippen LogP contribution in [0.3, 0.4) is 0 Å². The van der Waals surface area contributed by atoms with Crippen LogP contribution in [0.15, 0.2) is 0 Å². The molecule has 1 aliphatic heterocycles. The molecule has 0 amide bonds. The van der Waals surface area contributed by atoms with Crippen LogP contribution in [0.5, 0.6) is 0 Å². The SMILES string of the molecule is CC(C)(O)CCCC1CCNCC1. The van der Waals surface area contributed by atoms with Gasteiger partial charge in [0, 0.05) is 0 Å². The second kappa shape index (κ2) is 4.97. The topological polar surface area (TPSA) is 32.3 Å². The van der Waals surface area contributed by atoms with E-state index in [9.17, 15) is 5.11 Å². The highest BCUT2D eigenvalue weighted by atomic mass is 16.3. The lowest BCUT2D eigenvalue weighted by molar-refractivity contribution is 0.0663. The quantitative estimate of drug-likeness (QED) is 0.701. The van der Waals surface area contributed by atoms with Gasteiger partial charge in [-0.1, -0.05) is 12.8 Å². The molecule has 1 fully saturated rings. The lowest BCUT2D eigenvalue weighted by Crippen LogP contribution is -2.28. The zero-order valence-corrected chi connectivity index (χ0v) is 8.97. The molecule has 0 radical (unpaired) electrons. The fraction of sp³-hybridized carbons (Fsp3) is 1.00. The van der Waals surface area contributed by atoms with Crippen LogP contribution in [0.1, 0.15) is 46.0 Å². The summed E-state index contributed by atoms with van der Waals surface area (Å²) in [6, 6.07) is 0. The third kappa shape index (κ3) is 5.27. The van der Waals surface area contributed by atoms with Gasteiger partial charge in [-0.25, -0.2) is 0 Å². The molecule has 1 aliphatic rings. The standard InChI is InChI=1S/C11H23NO/c1-11(2,13)7-3-4-10-5-8-12-9-6-10/h10,12-13H,3-9H2,1-2H3. The fourth-order valence-corrected chi connectivity index (χ4v) is 1.99. The lowest BCUT2D eigenvalue weighted by Gasteiger charge is -2.24. The largest absolute Gasteiger partial charge is 0.390 e. The molecule has 0 saturated carbocycles. The van der Waals surface area contributed by atoms with Crippen LogP contribution in [0, 0.1) is 5.92 Å². The average molecular weight is 185 g/mol. The van der Waals surface area contributed by atoms with Crippen molar-refractivity contribution in [2.45, 2.75) is 51.6 Å². The number of rotatable bonds is 4. The molecule has 0 aliphatic carbocycles. The Balaban J connectivity index is 2.04. The highest BCUT2D eigenvalue weighted by Crippen LogP contribution is 2.21. The van der Waals surface area contributed by atoms with E-state index >= 15 is 0 Å². The molecule has 1 rings (SSSR count). The Hall–Kier alpha value is -0.0800. The summed E-state index contributed by atoms with van der Waals surface area (Å²) in [6.45, 7) is 6.17. The number of hydrogen-bond acceptors (Lipinski definition) is 2. The third-order valence-electron chi connectivity index (χ3n) is 2.86. The lowest BCUT2D eigenvalue weighted by atomic mass is 9.90. The minimum Gasteiger partial charge on any atom is -0.390 e. The highest BCUT2D eigenvalue weighted by molar-refractivity contribution is 4.71. The van der Waals surface area contributed by atoms with Gasteiger partial charge in [-0.3, -0.25) is 0 Å². The zero-order valence-electron chi connectivity index (χ0n) is 8.97. The molecule has 2 heteroatoms. The molecule has 0 aromatic rings. The van der Waals surface area contributed by atoms with Gasteiger partial charge in [0.1, 0.15) is 0 Å². The van der Waals surface area contributed by atoms with Crippen LogP contribution in [-0.4, -0.2) is 23.8 Å². The minimum atomic E-state index is -0.465. The number of piperidine rings is 1. The maximum absolute atomic E-state index is 9.53. The molecule has 0 unspecified atom stereocenters. The van der Waals surface area contributed by atoms with Gasteiger partial charge in [-0.2, -0.15) is 0 Å². The highest BCUT2D eigenvalue weighted by Gasteiger charge is 2.16. The van der Waals surface area contributed by atoms with Gasteiger partial charge in [0.2, 0.25) is 0 Å². The Labute approximate surface area is 81.7 Å². The van der Waals surface area contributed by atoms with Crippen molar-refractivity contribution in [2.24, 2.45) is 5.92 Å². The van der Waals surface area contributed by atoms with Crippen LogP contribution in [-0.2, 0) is 0 Å². The van der Waals surface area contributed by atoms with E-state index in [2.05, 4.69) is 5.32 Å². The molecule has 0 aromatic carbocycles. The van der Waals surface area contributed by atoms with Crippen LogP contribution >= 0.6 is 0 Å². The van der Waals surface area contributed by atoms with Crippen molar-refractivity contribution in [3.8, 4) is 0 Å². The normalized spacial score (nSPS) is 20.5. The first kappa shape index (κ1) is 11.0. The molecule has 0 aromatic heterocycles.